The third kappa shape index (κ3) is 4.01. The van der Waals surface area contributed by atoms with Crippen LogP contribution in [0.3, 0.4) is 0 Å². The molecule has 0 saturated heterocycles. The molecular weight excluding hydrogens is 480 g/mol. The summed E-state index contributed by atoms with van der Waals surface area (Å²) in [5.74, 6) is -6.70. The standard InChI is InChI=1S/C23H26N2O9S/c1-35(33,34)25-6-2-3-10-4-5-14(26)17-13(10)8-11-7-12-9-15(27)18(22(24)31)21(30)23(12,32)20(29)16(11)19(17)28/h4-5,11-12,25-26,28,30,32H,2-3,6-9H2,1H3,(H2,24,31)/t11-,12+,23+/m1/s1. The smallest absolute Gasteiger partial charge is 0.255 e. The van der Waals surface area contributed by atoms with Gasteiger partial charge in [-0.2, -0.15) is 0 Å². The van der Waals surface area contributed by atoms with E-state index >= 15 is 0 Å². The number of aromatic hydroxyl groups is 1. The van der Waals surface area contributed by atoms with Crippen molar-refractivity contribution < 1.29 is 43.2 Å². The molecule has 1 aromatic rings. The second-order valence-corrected chi connectivity index (χ2v) is 11.1. The summed E-state index contributed by atoms with van der Waals surface area (Å²) in [6, 6.07) is 3.01. The number of benzene rings is 1. The van der Waals surface area contributed by atoms with Crippen molar-refractivity contribution in [2.75, 3.05) is 12.8 Å². The molecule has 3 atom stereocenters. The lowest BCUT2D eigenvalue weighted by molar-refractivity contribution is -0.147. The molecule has 0 aromatic heterocycles. The van der Waals surface area contributed by atoms with Gasteiger partial charge in [0.05, 0.1) is 11.8 Å². The number of sulfonamides is 1. The minimum absolute atomic E-state index is 0.0192. The first-order chi connectivity index (χ1) is 16.3. The zero-order valence-electron chi connectivity index (χ0n) is 18.9. The van der Waals surface area contributed by atoms with Crippen LogP contribution in [0, 0.1) is 11.8 Å². The minimum Gasteiger partial charge on any atom is -0.508 e. The zero-order chi connectivity index (χ0) is 25.9. The van der Waals surface area contributed by atoms with E-state index < -0.39 is 62.0 Å². The Morgan fingerprint density at radius 3 is 2.51 bits per heavy atom. The first-order valence-corrected chi connectivity index (χ1v) is 12.9. The predicted molar refractivity (Wildman–Crippen MR) is 123 cm³/mol. The highest BCUT2D eigenvalue weighted by Gasteiger charge is 2.60. The molecule has 0 unspecified atom stereocenters. The fourth-order valence-electron chi connectivity index (χ4n) is 5.46. The van der Waals surface area contributed by atoms with Gasteiger partial charge in [-0.1, -0.05) is 6.07 Å². The van der Waals surface area contributed by atoms with Crippen molar-refractivity contribution in [1.82, 2.24) is 4.72 Å². The van der Waals surface area contributed by atoms with Gasteiger partial charge in [0.1, 0.15) is 22.8 Å². The van der Waals surface area contributed by atoms with Crippen LogP contribution in [0.5, 0.6) is 5.75 Å². The molecule has 11 nitrogen and oxygen atoms in total. The van der Waals surface area contributed by atoms with Crippen LogP contribution in [0.25, 0.3) is 5.76 Å². The molecule has 1 amide bonds. The molecule has 35 heavy (non-hydrogen) atoms. The minimum atomic E-state index is -3.35. The van der Waals surface area contributed by atoms with E-state index in [4.69, 9.17) is 5.73 Å². The van der Waals surface area contributed by atoms with Gasteiger partial charge in [0, 0.05) is 24.5 Å². The summed E-state index contributed by atoms with van der Waals surface area (Å²) in [7, 11) is -3.35. The highest BCUT2D eigenvalue weighted by atomic mass is 32.2. The number of carbonyl (C=O) groups is 3. The van der Waals surface area contributed by atoms with Crippen molar-refractivity contribution in [3.05, 3.63) is 45.7 Å². The van der Waals surface area contributed by atoms with Gasteiger partial charge in [0.15, 0.2) is 11.4 Å². The fourth-order valence-corrected chi connectivity index (χ4v) is 5.97. The fraction of sp³-hybridized carbons (Fsp3) is 0.435. The quantitative estimate of drug-likeness (QED) is 0.225. The molecule has 0 spiro atoms. The number of rotatable bonds is 6. The van der Waals surface area contributed by atoms with Crippen LogP contribution in [0.15, 0.2) is 29.0 Å². The number of hydrogen-bond acceptors (Lipinski definition) is 9. The predicted octanol–water partition coefficient (Wildman–Crippen LogP) is -0.0943. The summed E-state index contributed by atoms with van der Waals surface area (Å²) in [5, 5.41) is 43.3. The number of fused-ring (bicyclic) bond motifs is 3. The third-order valence-corrected chi connectivity index (χ3v) is 7.76. The number of phenolic OH excluding ortho intramolecular Hbond substituents is 1. The summed E-state index contributed by atoms with van der Waals surface area (Å²) in [5.41, 5.74) is 2.88. The van der Waals surface area contributed by atoms with Gasteiger partial charge in [-0.15, -0.1) is 0 Å². The second kappa shape index (κ2) is 8.47. The molecule has 0 heterocycles. The van der Waals surface area contributed by atoms with E-state index in [0.717, 1.165) is 11.8 Å². The third-order valence-electron chi connectivity index (χ3n) is 7.03. The Balaban J connectivity index is 1.76. The van der Waals surface area contributed by atoms with E-state index in [2.05, 4.69) is 4.72 Å². The molecular formula is C23H26N2O9S. The summed E-state index contributed by atoms with van der Waals surface area (Å²) in [4.78, 5) is 37.5. The summed E-state index contributed by atoms with van der Waals surface area (Å²) >= 11 is 0. The molecule has 4 rings (SSSR count). The van der Waals surface area contributed by atoms with Crippen molar-refractivity contribution in [2.24, 2.45) is 17.6 Å². The molecule has 0 aliphatic heterocycles. The molecule has 188 valence electrons. The van der Waals surface area contributed by atoms with E-state index in [-0.39, 0.29) is 42.7 Å². The van der Waals surface area contributed by atoms with Crippen LogP contribution in [-0.4, -0.2) is 64.7 Å². The van der Waals surface area contributed by atoms with Crippen molar-refractivity contribution in [3.8, 4) is 5.75 Å². The van der Waals surface area contributed by atoms with Crippen molar-refractivity contribution in [2.45, 2.75) is 37.7 Å². The van der Waals surface area contributed by atoms with Crippen molar-refractivity contribution in [1.29, 1.82) is 0 Å². The summed E-state index contributed by atoms with van der Waals surface area (Å²) in [6.45, 7) is 0.189. The molecule has 12 heteroatoms. The van der Waals surface area contributed by atoms with Crippen molar-refractivity contribution >= 4 is 33.3 Å². The van der Waals surface area contributed by atoms with Gasteiger partial charge in [0.2, 0.25) is 15.8 Å². The molecule has 7 N–H and O–H groups in total. The number of ketones is 2. The van der Waals surface area contributed by atoms with Crippen LogP contribution in [0.1, 0.15) is 36.0 Å². The average molecular weight is 507 g/mol. The number of hydrogen-bond donors (Lipinski definition) is 6. The van der Waals surface area contributed by atoms with E-state index in [1.807, 2.05) is 0 Å². The zero-order valence-corrected chi connectivity index (χ0v) is 19.7. The highest BCUT2D eigenvalue weighted by molar-refractivity contribution is 7.88. The average Bonchev–Trinajstić information content (AvgIpc) is 2.74. The van der Waals surface area contributed by atoms with E-state index in [0.29, 0.717) is 18.4 Å². The maximum Gasteiger partial charge on any atom is 0.255 e. The lowest BCUT2D eigenvalue weighted by Crippen LogP contribution is -2.58. The van der Waals surface area contributed by atoms with Crippen LogP contribution < -0.4 is 10.5 Å². The van der Waals surface area contributed by atoms with Crippen LogP contribution >= 0.6 is 0 Å². The molecule has 3 aliphatic carbocycles. The van der Waals surface area contributed by atoms with Gasteiger partial charge in [-0.25, -0.2) is 13.1 Å². The SMILES string of the molecule is CS(=O)(=O)NCCCc1ccc(O)c2c1C[C@H]1C[C@H]3CC(=O)C(C(N)=O)=C(O)[C@@]3(O)C(=O)C1=C2O. The maximum atomic E-state index is 13.5. The second-order valence-electron chi connectivity index (χ2n) is 9.27. The van der Waals surface area contributed by atoms with Gasteiger partial charge < -0.3 is 26.2 Å². The highest BCUT2D eigenvalue weighted by Crippen LogP contribution is 2.52. The number of primary amides is 1. The number of amides is 1. The number of aliphatic hydroxyl groups is 3. The largest absolute Gasteiger partial charge is 0.508 e. The Labute approximate surface area is 201 Å². The van der Waals surface area contributed by atoms with Gasteiger partial charge >= 0.3 is 0 Å². The van der Waals surface area contributed by atoms with Crippen molar-refractivity contribution in [3.63, 3.8) is 0 Å². The molecule has 1 aromatic carbocycles. The summed E-state index contributed by atoms with van der Waals surface area (Å²) in [6.07, 6.45) is 1.79. The first kappa shape index (κ1) is 24.9. The number of aryl methyl sites for hydroxylation is 1. The summed E-state index contributed by atoms with van der Waals surface area (Å²) < 4.78 is 25.0. The number of phenols is 1. The molecule has 1 fully saturated rings. The van der Waals surface area contributed by atoms with E-state index in [1.54, 1.807) is 6.07 Å². The van der Waals surface area contributed by atoms with Gasteiger partial charge in [-0.05, 0) is 48.8 Å². The molecule has 1 saturated carbocycles. The Morgan fingerprint density at radius 1 is 1.20 bits per heavy atom. The molecule has 0 bridgehead atoms. The Kier molecular flexibility index (Phi) is 6.02. The Bertz CT molecular complexity index is 1330. The van der Waals surface area contributed by atoms with Crippen LogP contribution in [0.2, 0.25) is 0 Å². The number of carbonyl (C=O) groups excluding carboxylic acids is 3. The van der Waals surface area contributed by atoms with Gasteiger partial charge in [-0.3, -0.25) is 14.4 Å². The lowest BCUT2D eigenvalue weighted by atomic mass is 9.59. The van der Waals surface area contributed by atoms with E-state index in [9.17, 15) is 43.2 Å². The van der Waals surface area contributed by atoms with Gasteiger partial charge in [0.25, 0.3) is 5.91 Å². The lowest BCUT2D eigenvalue weighted by Gasteiger charge is -2.46. The van der Waals surface area contributed by atoms with E-state index in [1.165, 1.54) is 6.07 Å². The van der Waals surface area contributed by atoms with Crippen LogP contribution in [0.4, 0.5) is 0 Å². The number of nitrogens with two attached hydrogens (primary N) is 1. The first-order valence-electron chi connectivity index (χ1n) is 11.0. The van der Waals surface area contributed by atoms with Crippen LogP contribution in [-0.2, 0) is 37.2 Å². The number of nitrogens with one attached hydrogen (secondary N) is 1. The topological polar surface area (TPSA) is 204 Å². The monoisotopic (exact) mass is 506 g/mol. The number of aliphatic hydroxyl groups excluding tert-OH is 2. The molecule has 0 radical (unpaired) electrons. The molecule has 3 aliphatic rings. The Morgan fingerprint density at radius 2 is 1.89 bits per heavy atom. The number of Topliss-reactive ketones (excluding diaryl/α,β-unsaturated/α-hetero) is 2. The maximum absolute atomic E-state index is 13.5. The Hall–Kier alpha value is -3.22. The normalized spacial score (nSPS) is 26.3.